The van der Waals surface area contributed by atoms with Crippen molar-refractivity contribution in [2.75, 3.05) is 26.7 Å². The average Bonchev–Trinajstić information content (AvgIpc) is 2.70. The van der Waals surface area contributed by atoms with Gasteiger partial charge in [0.15, 0.2) is 0 Å². The van der Waals surface area contributed by atoms with Crippen molar-refractivity contribution in [2.45, 2.75) is 24.4 Å². The number of nitrogens with zero attached hydrogens (tertiary/aromatic N) is 3. The molecule has 0 bridgehead atoms. The van der Waals surface area contributed by atoms with Crippen molar-refractivity contribution in [2.24, 2.45) is 12.8 Å². The van der Waals surface area contributed by atoms with E-state index in [-0.39, 0.29) is 6.04 Å². The summed E-state index contributed by atoms with van der Waals surface area (Å²) in [5.41, 5.74) is 6.42. The van der Waals surface area contributed by atoms with Crippen molar-refractivity contribution in [3.63, 3.8) is 0 Å². The van der Waals surface area contributed by atoms with Crippen LogP contribution in [0.3, 0.4) is 0 Å². The molecule has 2 N–H and O–H groups in total. The number of sulfonamides is 1. The number of likely N-dealkylation sites (N-methyl/N-ethyl adjacent to an activating group) is 1. The molecule has 6 nitrogen and oxygen atoms in total. The molecular formula is C12H22N4O2S. The maximum absolute atomic E-state index is 12.6. The van der Waals surface area contributed by atoms with Gasteiger partial charge in [0.25, 0.3) is 0 Å². The van der Waals surface area contributed by atoms with Gasteiger partial charge in [-0.25, -0.2) is 8.42 Å². The third kappa shape index (κ3) is 2.69. The van der Waals surface area contributed by atoms with Gasteiger partial charge in [-0.05, 0) is 20.0 Å². The molecule has 1 aliphatic rings. The van der Waals surface area contributed by atoms with Crippen LogP contribution in [-0.2, 0) is 23.6 Å². The fourth-order valence-electron chi connectivity index (χ4n) is 2.54. The third-order valence-electron chi connectivity index (χ3n) is 3.67. The lowest BCUT2D eigenvalue weighted by atomic mass is 10.2. The van der Waals surface area contributed by atoms with E-state index in [0.29, 0.717) is 18.0 Å². The summed E-state index contributed by atoms with van der Waals surface area (Å²) in [5.74, 6) is 0. The average molecular weight is 286 g/mol. The van der Waals surface area contributed by atoms with Crippen LogP contribution in [0, 0.1) is 0 Å². The quantitative estimate of drug-likeness (QED) is 0.836. The monoisotopic (exact) mass is 286 g/mol. The zero-order valence-corrected chi connectivity index (χ0v) is 12.5. The molecule has 0 aromatic carbocycles. The van der Waals surface area contributed by atoms with E-state index in [4.69, 9.17) is 5.73 Å². The van der Waals surface area contributed by atoms with E-state index in [0.717, 1.165) is 18.8 Å². The molecule has 0 aliphatic carbocycles. The molecule has 0 radical (unpaired) electrons. The minimum Gasteiger partial charge on any atom is -0.352 e. The van der Waals surface area contributed by atoms with Gasteiger partial charge in [-0.15, -0.1) is 0 Å². The van der Waals surface area contributed by atoms with Gasteiger partial charge in [-0.3, -0.25) is 0 Å². The number of hydrogen-bond donors (Lipinski definition) is 1. The first kappa shape index (κ1) is 14.5. The van der Waals surface area contributed by atoms with Gasteiger partial charge >= 0.3 is 0 Å². The second-order valence-electron chi connectivity index (χ2n) is 5.21. The molecule has 1 atom stereocenters. The Morgan fingerprint density at radius 1 is 1.37 bits per heavy atom. The van der Waals surface area contributed by atoms with Crippen LogP contribution in [0.5, 0.6) is 0 Å². The number of piperazine rings is 1. The van der Waals surface area contributed by atoms with E-state index in [1.807, 2.05) is 21.0 Å². The van der Waals surface area contributed by atoms with Gasteiger partial charge in [0, 0.05) is 51.2 Å². The van der Waals surface area contributed by atoms with Gasteiger partial charge in [-0.1, -0.05) is 0 Å². The van der Waals surface area contributed by atoms with Crippen LogP contribution in [0.1, 0.15) is 12.6 Å². The lowest BCUT2D eigenvalue weighted by Gasteiger charge is -2.36. The summed E-state index contributed by atoms with van der Waals surface area (Å²) < 4.78 is 28.6. The fraction of sp³-hybridized carbons (Fsp3) is 0.667. The van der Waals surface area contributed by atoms with E-state index in [1.165, 1.54) is 0 Å². The van der Waals surface area contributed by atoms with Crippen LogP contribution in [-0.4, -0.2) is 54.9 Å². The van der Waals surface area contributed by atoms with Gasteiger partial charge in [0.05, 0.1) is 0 Å². The fourth-order valence-corrected chi connectivity index (χ4v) is 4.25. The summed E-state index contributed by atoms with van der Waals surface area (Å²) in [4.78, 5) is 2.49. The Morgan fingerprint density at radius 3 is 2.58 bits per heavy atom. The SMILES string of the molecule is CC1CN(C)CCN1S(=O)(=O)c1cc(CN)n(C)c1. The Labute approximate surface area is 114 Å². The molecule has 19 heavy (non-hydrogen) atoms. The molecule has 2 rings (SSSR count). The lowest BCUT2D eigenvalue weighted by molar-refractivity contribution is 0.170. The number of rotatable bonds is 3. The van der Waals surface area contributed by atoms with E-state index >= 15 is 0 Å². The molecular weight excluding hydrogens is 264 g/mol. The molecule has 2 heterocycles. The maximum atomic E-state index is 12.6. The molecule has 108 valence electrons. The van der Waals surface area contributed by atoms with Crippen LogP contribution in [0.4, 0.5) is 0 Å². The highest BCUT2D eigenvalue weighted by molar-refractivity contribution is 7.89. The van der Waals surface area contributed by atoms with Gasteiger partial charge in [-0.2, -0.15) is 4.31 Å². The highest BCUT2D eigenvalue weighted by Crippen LogP contribution is 2.22. The topological polar surface area (TPSA) is 71.6 Å². The summed E-state index contributed by atoms with van der Waals surface area (Å²) in [7, 11) is 0.407. The Kier molecular flexibility index (Phi) is 4.00. The Hall–Kier alpha value is -0.890. The zero-order chi connectivity index (χ0) is 14.2. The van der Waals surface area contributed by atoms with E-state index < -0.39 is 10.0 Å². The minimum absolute atomic E-state index is 0.00900. The Bertz CT molecular complexity index is 552. The van der Waals surface area contributed by atoms with E-state index in [9.17, 15) is 8.42 Å². The van der Waals surface area contributed by atoms with E-state index in [2.05, 4.69) is 4.90 Å². The second-order valence-corrected chi connectivity index (χ2v) is 7.10. The molecule has 1 saturated heterocycles. The first-order chi connectivity index (χ1) is 8.86. The molecule has 0 amide bonds. The molecule has 1 fully saturated rings. The van der Waals surface area contributed by atoms with Crippen molar-refractivity contribution in [1.29, 1.82) is 0 Å². The summed E-state index contributed by atoms with van der Waals surface area (Å²) >= 11 is 0. The first-order valence-corrected chi connectivity index (χ1v) is 7.86. The molecule has 0 spiro atoms. The molecule has 1 aromatic heterocycles. The minimum atomic E-state index is -3.42. The van der Waals surface area contributed by atoms with Crippen LogP contribution in [0.2, 0.25) is 0 Å². The Morgan fingerprint density at radius 2 is 2.05 bits per heavy atom. The standard InChI is InChI=1S/C12H22N4O2S/c1-10-8-14(2)4-5-16(10)19(17,18)12-6-11(7-13)15(3)9-12/h6,9-10H,4-5,7-8,13H2,1-3H3. The van der Waals surface area contributed by atoms with Crippen LogP contribution >= 0.6 is 0 Å². The van der Waals surface area contributed by atoms with Gasteiger partial charge in [0.2, 0.25) is 10.0 Å². The summed E-state index contributed by atoms with van der Waals surface area (Å²) in [6.07, 6.45) is 1.64. The number of nitrogens with two attached hydrogens (primary N) is 1. The second kappa shape index (κ2) is 5.24. The normalized spacial score (nSPS) is 22.8. The van der Waals surface area contributed by atoms with Crippen molar-refractivity contribution < 1.29 is 8.42 Å². The third-order valence-corrected chi connectivity index (χ3v) is 5.65. The first-order valence-electron chi connectivity index (χ1n) is 6.42. The lowest BCUT2D eigenvalue weighted by Crippen LogP contribution is -2.52. The largest absolute Gasteiger partial charge is 0.352 e. The highest BCUT2D eigenvalue weighted by Gasteiger charge is 2.33. The molecule has 0 saturated carbocycles. The summed E-state index contributed by atoms with van der Waals surface area (Å²) in [6.45, 7) is 4.34. The summed E-state index contributed by atoms with van der Waals surface area (Å²) in [5, 5.41) is 0. The molecule has 1 aliphatic heterocycles. The van der Waals surface area contributed by atoms with Crippen molar-refractivity contribution in [3.8, 4) is 0 Å². The zero-order valence-electron chi connectivity index (χ0n) is 11.7. The van der Waals surface area contributed by atoms with E-state index in [1.54, 1.807) is 21.1 Å². The van der Waals surface area contributed by atoms with Gasteiger partial charge in [0.1, 0.15) is 4.90 Å². The molecule has 1 aromatic rings. The smallest absolute Gasteiger partial charge is 0.244 e. The number of aryl methyl sites for hydroxylation is 1. The van der Waals surface area contributed by atoms with Crippen LogP contribution in [0.15, 0.2) is 17.2 Å². The molecule has 7 heteroatoms. The van der Waals surface area contributed by atoms with Crippen LogP contribution < -0.4 is 5.73 Å². The van der Waals surface area contributed by atoms with Crippen molar-refractivity contribution in [1.82, 2.24) is 13.8 Å². The van der Waals surface area contributed by atoms with Crippen LogP contribution in [0.25, 0.3) is 0 Å². The summed E-state index contributed by atoms with van der Waals surface area (Å²) in [6, 6.07) is 1.66. The molecule has 1 unspecified atom stereocenters. The number of aromatic nitrogens is 1. The highest BCUT2D eigenvalue weighted by atomic mass is 32.2. The maximum Gasteiger partial charge on any atom is 0.244 e. The van der Waals surface area contributed by atoms with Gasteiger partial charge < -0.3 is 15.2 Å². The Balaban J connectivity index is 2.31. The predicted molar refractivity (Wildman–Crippen MR) is 74.2 cm³/mol. The predicted octanol–water partition coefficient (Wildman–Crippen LogP) is -0.192. The number of hydrogen-bond acceptors (Lipinski definition) is 4. The van der Waals surface area contributed by atoms with Crippen molar-refractivity contribution in [3.05, 3.63) is 18.0 Å². The van der Waals surface area contributed by atoms with Crippen molar-refractivity contribution >= 4 is 10.0 Å².